The lowest BCUT2D eigenvalue weighted by atomic mass is 9.93. The van der Waals surface area contributed by atoms with E-state index in [1.54, 1.807) is 24.3 Å². The lowest BCUT2D eigenvalue weighted by Gasteiger charge is -2.34. The number of hydrogen-bond donors (Lipinski definition) is 1. The summed E-state index contributed by atoms with van der Waals surface area (Å²) in [6.45, 7) is 3.96. The van der Waals surface area contributed by atoms with Crippen molar-refractivity contribution in [2.24, 2.45) is 5.92 Å². The molecule has 2 amide bonds. The lowest BCUT2D eigenvalue weighted by molar-refractivity contribution is -0.132. The number of carbonyl (C=O) groups excluding carboxylic acids is 2. The van der Waals surface area contributed by atoms with Crippen molar-refractivity contribution in [1.29, 1.82) is 0 Å². The molecule has 2 aromatic rings. The maximum atomic E-state index is 12.9. The number of amides is 2. The third kappa shape index (κ3) is 6.74. The number of aromatic nitrogens is 1. The predicted molar refractivity (Wildman–Crippen MR) is 138 cm³/mol. The average Bonchev–Trinajstić information content (AvgIpc) is 3.14. The topological polar surface area (TPSA) is 109 Å². The number of hydrogen-bond acceptors (Lipinski definition) is 7. The van der Waals surface area contributed by atoms with Gasteiger partial charge in [-0.2, -0.15) is 0 Å². The second-order valence-electron chi connectivity index (χ2n) is 9.26. The highest BCUT2D eigenvalue weighted by Crippen LogP contribution is 2.31. The summed E-state index contributed by atoms with van der Waals surface area (Å²) in [5.74, 6) is 0.530. The van der Waals surface area contributed by atoms with Gasteiger partial charge >= 0.3 is 0 Å². The molecule has 2 saturated heterocycles. The molecule has 0 unspecified atom stereocenters. The summed E-state index contributed by atoms with van der Waals surface area (Å²) in [7, 11) is -3.52. The SMILES string of the molecule is CS(=O)(=O)c1cnc(N2CCC(CC(=O)N3CCCOCC3)CC2)c(NC(=O)c2cccc(Cl)c2)c1. The second-order valence-corrected chi connectivity index (χ2v) is 11.7. The van der Waals surface area contributed by atoms with Crippen molar-refractivity contribution in [3.05, 3.63) is 47.1 Å². The Kier molecular flexibility index (Phi) is 8.48. The Balaban J connectivity index is 1.46. The van der Waals surface area contributed by atoms with Gasteiger partial charge in [0.2, 0.25) is 5.91 Å². The van der Waals surface area contributed by atoms with E-state index in [1.165, 1.54) is 12.3 Å². The molecule has 11 heteroatoms. The van der Waals surface area contributed by atoms with Crippen LogP contribution in [0.25, 0.3) is 0 Å². The summed E-state index contributed by atoms with van der Waals surface area (Å²) in [5, 5.41) is 3.24. The molecule has 2 aliphatic rings. The summed E-state index contributed by atoms with van der Waals surface area (Å²) in [4.78, 5) is 34.0. The molecule has 4 rings (SSSR count). The predicted octanol–water partition coefficient (Wildman–Crippen LogP) is 3.25. The summed E-state index contributed by atoms with van der Waals surface area (Å²) < 4.78 is 29.7. The van der Waals surface area contributed by atoms with E-state index < -0.39 is 15.7 Å². The van der Waals surface area contributed by atoms with E-state index in [1.807, 2.05) is 9.80 Å². The van der Waals surface area contributed by atoms with Gasteiger partial charge in [-0.25, -0.2) is 13.4 Å². The number of anilines is 2. The molecule has 1 aromatic carbocycles. The molecular formula is C25H31ClN4O5S. The van der Waals surface area contributed by atoms with Gasteiger partial charge < -0.3 is 19.9 Å². The number of carbonyl (C=O) groups is 2. The molecule has 2 fully saturated rings. The summed E-state index contributed by atoms with van der Waals surface area (Å²) in [6.07, 6.45) is 5.39. The largest absolute Gasteiger partial charge is 0.380 e. The highest BCUT2D eigenvalue weighted by Gasteiger charge is 2.27. The van der Waals surface area contributed by atoms with Crippen LogP contribution >= 0.6 is 11.6 Å². The van der Waals surface area contributed by atoms with Gasteiger partial charge in [0.15, 0.2) is 15.7 Å². The van der Waals surface area contributed by atoms with Crippen LogP contribution in [0.2, 0.25) is 5.02 Å². The quantitative estimate of drug-likeness (QED) is 0.606. The van der Waals surface area contributed by atoms with Crippen LogP contribution in [0.3, 0.4) is 0 Å². The molecule has 0 saturated carbocycles. The zero-order valence-corrected chi connectivity index (χ0v) is 21.9. The Morgan fingerprint density at radius 2 is 1.92 bits per heavy atom. The molecule has 2 aliphatic heterocycles. The summed E-state index contributed by atoms with van der Waals surface area (Å²) in [5.41, 5.74) is 0.677. The zero-order valence-electron chi connectivity index (χ0n) is 20.3. The number of nitrogens with zero attached hydrogens (tertiary/aromatic N) is 3. The number of benzene rings is 1. The van der Waals surface area contributed by atoms with Gasteiger partial charge in [0.05, 0.1) is 17.2 Å². The third-order valence-electron chi connectivity index (χ3n) is 6.56. The van der Waals surface area contributed by atoms with Crippen LogP contribution in [-0.4, -0.2) is 75.8 Å². The first-order chi connectivity index (χ1) is 17.2. The van der Waals surface area contributed by atoms with E-state index in [0.29, 0.717) is 61.4 Å². The maximum Gasteiger partial charge on any atom is 0.255 e. The Labute approximate surface area is 216 Å². The van der Waals surface area contributed by atoms with Gasteiger partial charge in [0.25, 0.3) is 5.91 Å². The van der Waals surface area contributed by atoms with Crippen LogP contribution in [0, 0.1) is 5.92 Å². The van der Waals surface area contributed by atoms with Crippen LogP contribution in [0.1, 0.15) is 36.0 Å². The standard InChI is InChI=1S/C25H31ClN4O5S/c1-36(33,34)21-16-22(28-25(32)19-4-2-5-20(26)15-19)24(27-17-21)30-9-6-18(7-10-30)14-23(31)29-8-3-12-35-13-11-29/h2,4-5,15-18H,3,6-14H2,1H3,(H,28,32). The normalized spacial score (nSPS) is 17.5. The fourth-order valence-corrected chi connectivity index (χ4v) is 5.30. The van der Waals surface area contributed by atoms with E-state index in [4.69, 9.17) is 16.3 Å². The lowest BCUT2D eigenvalue weighted by Crippen LogP contribution is -2.39. The van der Waals surface area contributed by atoms with Crippen molar-refractivity contribution in [1.82, 2.24) is 9.88 Å². The summed E-state index contributed by atoms with van der Waals surface area (Å²) in [6, 6.07) is 7.97. The number of ether oxygens (including phenoxy) is 1. The first-order valence-corrected chi connectivity index (χ1v) is 14.3. The van der Waals surface area contributed by atoms with Crippen molar-refractivity contribution >= 4 is 44.8 Å². The minimum Gasteiger partial charge on any atom is -0.380 e. The van der Waals surface area contributed by atoms with Gasteiger partial charge in [0, 0.05) is 62.2 Å². The van der Waals surface area contributed by atoms with E-state index >= 15 is 0 Å². The maximum absolute atomic E-state index is 12.9. The Morgan fingerprint density at radius 1 is 1.14 bits per heavy atom. The Hall–Kier alpha value is -2.69. The number of rotatable bonds is 6. The van der Waals surface area contributed by atoms with Crippen molar-refractivity contribution in [2.45, 2.75) is 30.6 Å². The van der Waals surface area contributed by atoms with Crippen molar-refractivity contribution < 1.29 is 22.7 Å². The molecular weight excluding hydrogens is 504 g/mol. The number of piperidine rings is 1. The molecule has 1 N–H and O–H groups in total. The highest BCUT2D eigenvalue weighted by molar-refractivity contribution is 7.90. The van der Waals surface area contributed by atoms with E-state index in [9.17, 15) is 18.0 Å². The molecule has 1 aromatic heterocycles. The van der Waals surface area contributed by atoms with E-state index in [-0.39, 0.29) is 16.7 Å². The van der Waals surface area contributed by atoms with Crippen molar-refractivity contribution in [2.75, 3.05) is 55.9 Å². The molecule has 0 aliphatic carbocycles. The highest BCUT2D eigenvalue weighted by atomic mass is 35.5. The van der Waals surface area contributed by atoms with Crippen LogP contribution in [-0.2, 0) is 19.4 Å². The average molecular weight is 535 g/mol. The minimum atomic E-state index is -3.52. The van der Waals surface area contributed by atoms with Gasteiger partial charge in [-0.1, -0.05) is 17.7 Å². The molecule has 0 atom stereocenters. The minimum absolute atomic E-state index is 0.0227. The Morgan fingerprint density at radius 3 is 2.64 bits per heavy atom. The van der Waals surface area contributed by atoms with Gasteiger partial charge in [0.1, 0.15) is 0 Å². The van der Waals surface area contributed by atoms with Gasteiger partial charge in [-0.05, 0) is 49.4 Å². The number of sulfone groups is 1. The molecule has 9 nitrogen and oxygen atoms in total. The molecule has 0 radical (unpaired) electrons. The molecule has 0 spiro atoms. The van der Waals surface area contributed by atoms with E-state index in [0.717, 1.165) is 32.1 Å². The van der Waals surface area contributed by atoms with Crippen LogP contribution in [0.5, 0.6) is 0 Å². The fourth-order valence-electron chi connectivity index (χ4n) is 4.53. The first kappa shape index (κ1) is 26.4. The number of pyridine rings is 1. The fraction of sp³-hybridized carbons (Fsp3) is 0.480. The zero-order chi connectivity index (χ0) is 25.7. The van der Waals surface area contributed by atoms with Gasteiger partial charge in [-0.15, -0.1) is 0 Å². The monoisotopic (exact) mass is 534 g/mol. The smallest absolute Gasteiger partial charge is 0.255 e. The molecule has 194 valence electrons. The first-order valence-electron chi connectivity index (χ1n) is 12.1. The molecule has 0 bridgehead atoms. The second kappa shape index (κ2) is 11.6. The van der Waals surface area contributed by atoms with Crippen molar-refractivity contribution in [3.63, 3.8) is 0 Å². The Bertz CT molecular complexity index is 1210. The molecule has 3 heterocycles. The summed E-state index contributed by atoms with van der Waals surface area (Å²) >= 11 is 6.02. The van der Waals surface area contributed by atoms with Crippen LogP contribution in [0.4, 0.5) is 11.5 Å². The third-order valence-corrected chi connectivity index (χ3v) is 7.87. The number of nitrogens with one attached hydrogen (secondary N) is 1. The van der Waals surface area contributed by atoms with Crippen molar-refractivity contribution in [3.8, 4) is 0 Å². The van der Waals surface area contributed by atoms with Crippen LogP contribution < -0.4 is 10.2 Å². The van der Waals surface area contributed by atoms with Crippen LogP contribution in [0.15, 0.2) is 41.4 Å². The number of halogens is 1. The van der Waals surface area contributed by atoms with Gasteiger partial charge in [-0.3, -0.25) is 9.59 Å². The van der Waals surface area contributed by atoms with E-state index in [2.05, 4.69) is 10.3 Å². The molecule has 36 heavy (non-hydrogen) atoms.